The zero-order valence-electron chi connectivity index (χ0n) is 9.17. The molecule has 6 nitrogen and oxygen atoms in total. The van der Waals surface area contributed by atoms with E-state index in [0.29, 0.717) is 11.3 Å². The molecule has 0 N–H and O–H groups in total. The Morgan fingerprint density at radius 2 is 1.82 bits per heavy atom. The van der Waals surface area contributed by atoms with E-state index < -0.39 is 4.92 Å². The number of amides is 2. The SMILES string of the molecule is Cc1cc(N2C(=O)CCC2=O)ccc1[N+](=O)[O-]. The molecule has 6 heteroatoms. The van der Waals surface area contributed by atoms with Crippen molar-refractivity contribution in [3.8, 4) is 0 Å². The molecule has 2 amide bonds. The van der Waals surface area contributed by atoms with E-state index in [1.165, 1.54) is 18.2 Å². The fourth-order valence-electron chi connectivity index (χ4n) is 1.85. The summed E-state index contributed by atoms with van der Waals surface area (Å²) in [5.74, 6) is -0.522. The minimum Gasteiger partial charge on any atom is -0.274 e. The van der Waals surface area contributed by atoms with Crippen LogP contribution in [-0.4, -0.2) is 16.7 Å². The van der Waals surface area contributed by atoms with Crippen molar-refractivity contribution in [2.75, 3.05) is 4.90 Å². The van der Waals surface area contributed by atoms with Gasteiger partial charge in [-0.1, -0.05) is 0 Å². The third-order valence-corrected chi connectivity index (χ3v) is 2.69. The van der Waals surface area contributed by atoms with Crippen LogP contribution in [0.5, 0.6) is 0 Å². The van der Waals surface area contributed by atoms with Crippen LogP contribution in [0.25, 0.3) is 0 Å². The molecule has 0 aliphatic carbocycles. The Bertz CT molecular complexity index is 508. The maximum Gasteiger partial charge on any atom is 0.272 e. The van der Waals surface area contributed by atoms with Gasteiger partial charge in [0.15, 0.2) is 0 Å². The summed E-state index contributed by atoms with van der Waals surface area (Å²) in [6.45, 7) is 1.58. The van der Waals surface area contributed by atoms with Crippen LogP contribution in [0.3, 0.4) is 0 Å². The Balaban J connectivity index is 2.41. The monoisotopic (exact) mass is 234 g/mol. The summed E-state index contributed by atoms with van der Waals surface area (Å²) in [5.41, 5.74) is 0.813. The van der Waals surface area contributed by atoms with Gasteiger partial charge < -0.3 is 0 Å². The minimum atomic E-state index is -0.493. The summed E-state index contributed by atoms with van der Waals surface area (Å²) in [4.78, 5) is 34.2. The predicted octanol–water partition coefficient (Wildman–Crippen LogP) is 1.56. The summed E-state index contributed by atoms with van der Waals surface area (Å²) in [6, 6.07) is 4.22. The summed E-state index contributed by atoms with van der Waals surface area (Å²) in [7, 11) is 0. The predicted molar refractivity (Wildman–Crippen MR) is 59.6 cm³/mol. The van der Waals surface area contributed by atoms with E-state index in [1.54, 1.807) is 6.92 Å². The van der Waals surface area contributed by atoms with Crippen LogP contribution in [0.15, 0.2) is 18.2 Å². The van der Waals surface area contributed by atoms with Crippen LogP contribution in [0, 0.1) is 17.0 Å². The molecule has 1 heterocycles. The Morgan fingerprint density at radius 3 is 2.29 bits per heavy atom. The van der Waals surface area contributed by atoms with Crippen LogP contribution in [-0.2, 0) is 9.59 Å². The van der Waals surface area contributed by atoms with Gasteiger partial charge in [-0.05, 0) is 19.1 Å². The second-order valence-electron chi connectivity index (χ2n) is 3.85. The molecule has 2 rings (SSSR count). The highest BCUT2D eigenvalue weighted by Gasteiger charge is 2.30. The Kier molecular flexibility index (Phi) is 2.63. The molecule has 0 saturated carbocycles. The van der Waals surface area contributed by atoms with Crippen LogP contribution in [0.4, 0.5) is 11.4 Å². The number of imide groups is 1. The van der Waals surface area contributed by atoms with Gasteiger partial charge in [0.25, 0.3) is 5.69 Å². The molecule has 0 radical (unpaired) electrons. The lowest BCUT2D eigenvalue weighted by molar-refractivity contribution is -0.385. The first kappa shape index (κ1) is 11.3. The van der Waals surface area contributed by atoms with E-state index in [4.69, 9.17) is 0 Å². The molecular formula is C11H10N2O4. The standard InChI is InChI=1S/C11H10N2O4/c1-7-6-8(2-3-9(7)13(16)17)12-10(14)4-5-11(12)15/h2-3,6H,4-5H2,1H3. The van der Waals surface area contributed by atoms with Gasteiger partial charge in [0.2, 0.25) is 11.8 Å². The van der Waals surface area contributed by atoms with Gasteiger partial charge in [0, 0.05) is 24.5 Å². The highest BCUT2D eigenvalue weighted by molar-refractivity contribution is 6.19. The number of nitro groups is 1. The second-order valence-corrected chi connectivity index (χ2v) is 3.85. The van der Waals surface area contributed by atoms with Gasteiger partial charge in [0.1, 0.15) is 0 Å². The number of carbonyl (C=O) groups excluding carboxylic acids is 2. The average molecular weight is 234 g/mol. The van der Waals surface area contributed by atoms with Crippen LogP contribution >= 0.6 is 0 Å². The summed E-state index contributed by atoms with van der Waals surface area (Å²) >= 11 is 0. The zero-order valence-corrected chi connectivity index (χ0v) is 9.17. The van der Waals surface area contributed by atoms with Crippen molar-refractivity contribution in [2.24, 2.45) is 0 Å². The summed E-state index contributed by atoms with van der Waals surface area (Å²) < 4.78 is 0. The Morgan fingerprint density at radius 1 is 1.24 bits per heavy atom. The molecule has 1 fully saturated rings. The third-order valence-electron chi connectivity index (χ3n) is 2.69. The molecule has 1 aromatic carbocycles. The number of carbonyl (C=O) groups is 2. The summed E-state index contributed by atoms with van der Waals surface area (Å²) in [6.07, 6.45) is 0.406. The normalized spacial score (nSPS) is 15.5. The number of benzene rings is 1. The van der Waals surface area contributed by atoms with Crippen molar-refractivity contribution < 1.29 is 14.5 Å². The first-order valence-electron chi connectivity index (χ1n) is 5.11. The van der Waals surface area contributed by atoms with Crippen molar-refractivity contribution in [1.82, 2.24) is 0 Å². The molecule has 0 spiro atoms. The zero-order chi connectivity index (χ0) is 12.6. The van der Waals surface area contributed by atoms with E-state index >= 15 is 0 Å². The highest BCUT2D eigenvalue weighted by Crippen LogP contribution is 2.27. The number of nitrogens with zero attached hydrogens (tertiary/aromatic N) is 2. The van der Waals surface area contributed by atoms with Crippen LogP contribution in [0.1, 0.15) is 18.4 Å². The highest BCUT2D eigenvalue weighted by atomic mass is 16.6. The van der Waals surface area contributed by atoms with Crippen molar-refractivity contribution in [2.45, 2.75) is 19.8 Å². The van der Waals surface area contributed by atoms with Crippen molar-refractivity contribution in [1.29, 1.82) is 0 Å². The third kappa shape index (κ3) is 1.89. The lowest BCUT2D eigenvalue weighted by Gasteiger charge is -2.14. The van der Waals surface area contributed by atoms with Crippen molar-refractivity contribution >= 4 is 23.2 Å². The molecule has 0 unspecified atom stereocenters. The average Bonchev–Trinajstić information content (AvgIpc) is 2.58. The van der Waals surface area contributed by atoms with E-state index in [-0.39, 0.29) is 30.3 Å². The van der Waals surface area contributed by atoms with Crippen molar-refractivity contribution in [3.63, 3.8) is 0 Å². The first-order valence-corrected chi connectivity index (χ1v) is 5.11. The fraction of sp³-hybridized carbons (Fsp3) is 0.273. The smallest absolute Gasteiger partial charge is 0.272 e. The number of rotatable bonds is 2. The fourth-order valence-corrected chi connectivity index (χ4v) is 1.85. The lowest BCUT2D eigenvalue weighted by atomic mass is 10.1. The number of nitro benzene ring substituents is 1. The van der Waals surface area contributed by atoms with Crippen molar-refractivity contribution in [3.05, 3.63) is 33.9 Å². The topological polar surface area (TPSA) is 80.5 Å². The van der Waals surface area contributed by atoms with E-state index in [2.05, 4.69) is 0 Å². The molecule has 17 heavy (non-hydrogen) atoms. The van der Waals surface area contributed by atoms with Crippen LogP contribution < -0.4 is 4.90 Å². The number of aryl methyl sites for hydroxylation is 1. The molecule has 0 aromatic heterocycles. The maximum atomic E-state index is 11.5. The molecule has 1 aromatic rings. The van der Waals surface area contributed by atoms with Gasteiger partial charge in [-0.15, -0.1) is 0 Å². The van der Waals surface area contributed by atoms with Gasteiger partial charge in [-0.25, -0.2) is 0 Å². The quantitative estimate of drug-likeness (QED) is 0.441. The van der Waals surface area contributed by atoms with Gasteiger partial charge in [0.05, 0.1) is 10.6 Å². The molecule has 1 aliphatic heterocycles. The second kappa shape index (κ2) is 3.97. The Labute approximate surface area is 97.0 Å². The number of hydrogen-bond donors (Lipinski definition) is 0. The molecule has 88 valence electrons. The van der Waals surface area contributed by atoms with Gasteiger partial charge in [-0.2, -0.15) is 0 Å². The largest absolute Gasteiger partial charge is 0.274 e. The van der Waals surface area contributed by atoms with Gasteiger partial charge in [-0.3, -0.25) is 24.6 Å². The van der Waals surface area contributed by atoms with E-state index in [0.717, 1.165) is 4.90 Å². The maximum absolute atomic E-state index is 11.5. The molecule has 1 saturated heterocycles. The lowest BCUT2D eigenvalue weighted by Crippen LogP contribution is -2.28. The molecular weight excluding hydrogens is 224 g/mol. The first-order chi connectivity index (χ1) is 8.00. The Hall–Kier alpha value is -2.24. The number of hydrogen-bond acceptors (Lipinski definition) is 4. The molecule has 0 atom stereocenters. The van der Waals surface area contributed by atoms with E-state index in [9.17, 15) is 19.7 Å². The van der Waals surface area contributed by atoms with Crippen LogP contribution in [0.2, 0.25) is 0 Å². The van der Waals surface area contributed by atoms with E-state index in [1.807, 2.05) is 0 Å². The van der Waals surface area contributed by atoms with Gasteiger partial charge >= 0.3 is 0 Å². The molecule has 1 aliphatic rings. The summed E-state index contributed by atoms with van der Waals surface area (Å²) in [5, 5.41) is 10.6. The molecule has 0 bridgehead atoms. The number of anilines is 1. The minimum absolute atomic E-state index is 0.0205.